The summed E-state index contributed by atoms with van der Waals surface area (Å²) in [5.41, 5.74) is 0.0422. The van der Waals surface area contributed by atoms with Crippen LogP contribution in [0.5, 0.6) is 5.75 Å². The van der Waals surface area contributed by atoms with E-state index in [0.29, 0.717) is 18.7 Å². The maximum absolute atomic E-state index is 13.7. The van der Waals surface area contributed by atoms with E-state index in [9.17, 15) is 9.18 Å². The van der Waals surface area contributed by atoms with Crippen molar-refractivity contribution in [2.75, 3.05) is 20.7 Å². The summed E-state index contributed by atoms with van der Waals surface area (Å²) in [6.07, 6.45) is 0.668. The van der Waals surface area contributed by atoms with Gasteiger partial charge in [-0.2, -0.15) is 0 Å². The van der Waals surface area contributed by atoms with Gasteiger partial charge in [-0.3, -0.25) is 4.79 Å². The normalized spacial score (nSPS) is 12.1. The lowest BCUT2D eigenvalue weighted by molar-refractivity contribution is 0.0789. The Balaban J connectivity index is 2.77. The molecule has 1 unspecified atom stereocenters. The lowest BCUT2D eigenvalue weighted by Gasteiger charge is -2.18. The Morgan fingerprint density at radius 3 is 2.72 bits per heavy atom. The van der Waals surface area contributed by atoms with Gasteiger partial charge in [0.1, 0.15) is 11.6 Å². The van der Waals surface area contributed by atoms with Crippen LogP contribution in [-0.2, 0) is 0 Å². The zero-order valence-corrected chi connectivity index (χ0v) is 11.5. The first-order valence-corrected chi connectivity index (χ1v) is 6.12. The molecule has 3 nitrogen and oxygen atoms in total. The highest BCUT2D eigenvalue weighted by molar-refractivity contribution is 6.20. The van der Waals surface area contributed by atoms with Crippen molar-refractivity contribution in [1.82, 2.24) is 4.90 Å². The lowest BCUT2D eigenvalue weighted by Crippen LogP contribution is -2.29. The molecule has 0 spiro atoms. The van der Waals surface area contributed by atoms with E-state index in [1.54, 1.807) is 13.1 Å². The van der Waals surface area contributed by atoms with Crippen molar-refractivity contribution in [3.05, 3.63) is 29.6 Å². The maximum Gasteiger partial charge on any atom is 0.256 e. The van der Waals surface area contributed by atoms with Crippen LogP contribution in [0.2, 0.25) is 0 Å². The molecule has 1 aromatic rings. The molecular formula is C13H17ClFNO2. The molecule has 0 radical (unpaired) electrons. The SMILES string of the molecule is COc1ccc(C(=O)N(C)CCC(C)Cl)c(F)c1. The Morgan fingerprint density at radius 2 is 2.22 bits per heavy atom. The molecule has 0 aromatic heterocycles. The number of carbonyl (C=O) groups is 1. The fourth-order valence-corrected chi connectivity index (χ4v) is 1.57. The van der Waals surface area contributed by atoms with Crippen molar-refractivity contribution in [2.24, 2.45) is 0 Å². The topological polar surface area (TPSA) is 29.5 Å². The molecule has 1 atom stereocenters. The second-order valence-corrected chi connectivity index (χ2v) is 4.89. The summed E-state index contributed by atoms with van der Waals surface area (Å²) in [6, 6.07) is 4.19. The average molecular weight is 274 g/mol. The minimum atomic E-state index is -0.579. The van der Waals surface area contributed by atoms with Crippen LogP contribution in [0.1, 0.15) is 23.7 Å². The number of carbonyl (C=O) groups excluding carboxylic acids is 1. The smallest absolute Gasteiger partial charge is 0.256 e. The second kappa shape index (κ2) is 6.59. The number of halogens is 2. The van der Waals surface area contributed by atoms with Gasteiger partial charge in [-0.05, 0) is 25.5 Å². The average Bonchev–Trinajstić information content (AvgIpc) is 2.34. The molecule has 0 aliphatic carbocycles. The predicted octanol–water partition coefficient (Wildman–Crippen LogP) is 2.92. The quantitative estimate of drug-likeness (QED) is 0.772. The van der Waals surface area contributed by atoms with Gasteiger partial charge < -0.3 is 9.64 Å². The molecule has 1 rings (SSSR count). The first kappa shape index (κ1) is 14.8. The molecule has 0 saturated carbocycles. The minimum absolute atomic E-state index is 0.0130. The molecule has 0 heterocycles. The molecule has 1 amide bonds. The highest BCUT2D eigenvalue weighted by Crippen LogP contribution is 2.17. The van der Waals surface area contributed by atoms with Crippen LogP contribution in [0, 0.1) is 5.82 Å². The first-order chi connectivity index (χ1) is 8.45. The van der Waals surface area contributed by atoms with E-state index < -0.39 is 5.82 Å². The van der Waals surface area contributed by atoms with E-state index in [4.69, 9.17) is 16.3 Å². The van der Waals surface area contributed by atoms with E-state index in [1.807, 2.05) is 6.92 Å². The van der Waals surface area contributed by atoms with Crippen LogP contribution in [0.4, 0.5) is 4.39 Å². The Morgan fingerprint density at radius 1 is 1.56 bits per heavy atom. The van der Waals surface area contributed by atoms with Crippen LogP contribution in [0.15, 0.2) is 18.2 Å². The van der Waals surface area contributed by atoms with Crippen molar-refractivity contribution in [1.29, 1.82) is 0 Å². The van der Waals surface area contributed by atoms with E-state index in [-0.39, 0.29) is 16.8 Å². The molecule has 18 heavy (non-hydrogen) atoms. The third-order valence-electron chi connectivity index (χ3n) is 2.62. The number of ether oxygens (including phenoxy) is 1. The number of benzene rings is 1. The summed E-state index contributed by atoms with van der Waals surface area (Å²) in [5, 5.41) is -0.0130. The van der Waals surface area contributed by atoms with Gasteiger partial charge in [-0.15, -0.1) is 11.6 Å². The molecule has 0 bridgehead atoms. The third kappa shape index (κ3) is 3.88. The fraction of sp³-hybridized carbons (Fsp3) is 0.462. The van der Waals surface area contributed by atoms with Crippen molar-refractivity contribution in [2.45, 2.75) is 18.7 Å². The highest BCUT2D eigenvalue weighted by atomic mass is 35.5. The number of hydrogen-bond donors (Lipinski definition) is 0. The van der Waals surface area contributed by atoms with E-state index in [0.717, 1.165) is 0 Å². The molecule has 0 N–H and O–H groups in total. The molecule has 0 aliphatic rings. The predicted molar refractivity (Wildman–Crippen MR) is 69.8 cm³/mol. The molecule has 0 saturated heterocycles. The Bertz CT molecular complexity index is 423. The molecule has 5 heteroatoms. The van der Waals surface area contributed by atoms with Gasteiger partial charge in [-0.1, -0.05) is 0 Å². The van der Waals surface area contributed by atoms with E-state index >= 15 is 0 Å². The number of methoxy groups -OCH3 is 1. The summed E-state index contributed by atoms with van der Waals surface area (Å²) in [6.45, 7) is 2.35. The van der Waals surface area contributed by atoms with Gasteiger partial charge in [0.05, 0.1) is 12.7 Å². The Labute approximate surface area is 111 Å². The van der Waals surface area contributed by atoms with Crippen molar-refractivity contribution in [3.63, 3.8) is 0 Å². The number of alkyl halides is 1. The Kier molecular flexibility index (Phi) is 5.41. The van der Waals surface area contributed by atoms with Crippen LogP contribution in [0.25, 0.3) is 0 Å². The fourth-order valence-electron chi connectivity index (χ4n) is 1.47. The first-order valence-electron chi connectivity index (χ1n) is 5.68. The van der Waals surface area contributed by atoms with Gasteiger partial charge in [0.2, 0.25) is 0 Å². The third-order valence-corrected chi connectivity index (χ3v) is 2.83. The summed E-state index contributed by atoms with van der Waals surface area (Å²) in [4.78, 5) is 13.4. The van der Waals surface area contributed by atoms with Crippen molar-refractivity contribution in [3.8, 4) is 5.75 Å². The van der Waals surface area contributed by atoms with Gasteiger partial charge in [0.25, 0.3) is 5.91 Å². The lowest BCUT2D eigenvalue weighted by atomic mass is 10.1. The zero-order valence-electron chi connectivity index (χ0n) is 10.7. The maximum atomic E-state index is 13.7. The monoisotopic (exact) mass is 273 g/mol. The van der Waals surface area contributed by atoms with E-state index in [1.165, 1.54) is 24.1 Å². The van der Waals surface area contributed by atoms with Crippen molar-refractivity contribution < 1.29 is 13.9 Å². The number of hydrogen-bond acceptors (Lipinski definition) is 2. The van der Waals surface area contributed by atoms with Crippen LogP contribution in [0.3, 0.4) is 0 Å². The van der Waals surface area contributed by atoms with Gasteiger partial charge in [0, 0.05) is 25.0 Å². The molecule has 0 aliphatic heterocycles. The second-order valence-electron chi connectivity index (χ2n) is 4.14. The number of nitrogens with zero attached hydrogens (tertiary/aromatic N) is 1. The largest absolute Gasteiger partial charge is 0.497 e. The molecule has 1 aromatic carbocycles. The van der Waals surface area contributed by atoms with Gasteiger partial charge >= 0.3 is 0 Å². The Hall–Kier alpha value is -1.29. The summed E-state index contributed by atoms with van der Waals surface area (Å²) in [5.74, 6) is -0.543. The van der Waals surface area contributed by atoms with E-state index in [2.05, 4.69) is 0 Å². The highest BCUT2D eigenvalue weighted by Gasteiger charge is 2.16. The molecular weight excluding hydrogens is 257 g/mol. The van der Waals surface area contributed by atoms with Crippen molar-refractivity contribution >= 4 is 17.5 Å². The van der Waals surface area contributed by atoms with Crippen LogP contribution in [-0.4, -0.2) is 36.9 Å². The van der Waals surface area contributed by atoms with Crippen LogP contribution < -0.4 is 4.74 Å². The zero-order chi connectivity index (χ0) is 13.7. The molecule has 100 valence electrons. The summed E-state index contributed by atoms with van der Waals surface area (Å²) in [7, 11) is 3.08. The number of amides is 1. The van der Waals surface area contributed by atoms with Gasteiger partial charge in [0.15, 0.2) is 0 Å². The van der Waals surface area contributed by atoms with Gasteiger partial charge in [-0.25, -0.2) is 4.39 Å². The minimum Gasteiger partial charge on any atom is -0.497 e. The standard InChI is InChI=1S/C13H17ClFNO2/c1-9(14)6-7-16(2)13(17)11-5-4-10(18-3)8-12(11)15/h4-5,8-9H,6-7H2,1-3H3. The molecule has 0 fully saturated rings. The summed E-state index contributed by atoms with van der Waals surface area (Å²) >= 11 is 5.81. The number of rotatable bonds is 5. The van der Waals surface area contributed by atoms with Crippen LogP contribution >= 0.6 is 11.6 Å². The summed E-state index contributed by atoms with van der Waals surface area (Å²) < 4.78 is 18.6.